The van der Waals surface area contributed by atoms with Gasteiger partial charge in [-0.2, -0.15) is 0 Å². The van der Waals surface area contributed by atoms with Gasteiger partial charge in [-0.15, -0.1) is 0 Å². The first-order chi connectivity index (χ1) is 11.1. The summed E-state index contributed by atoms with van der Waals surface area (Å²) in [6, 6.07) is 6.39. The fourth-order valence-corrected chi connectivity index (χ4v) is 3.53. The van der Waals surface area contributed by atoms with Crippen molar-refractivity contribution in [2.24, 2.45) is 0 Å². The lowest BCUT2D eigenvalue weighted by Gasteiger charge is -2.36. The minimum atomic E-state index is -0.436. The molecule has 0 saturated carbocycles. The van der Waals surface area contributed by atoms with Gasteiger partial charge in [-0.25, -0.2) is 4.79 Å². The molecular formula is C18H26N2O3. The van der Waals surface area contributed by atoms with Crippen molar-refractivity contribution in [1.82, 2.24) is 10.2 Å². The molecule has 1 fully saturated rings. The standard InChI is InChI=1S/C18H26N2O3/c1-13(21)9-17-12-23-8-7-20(17)18(22)19-11-14-5-6-15-3-2-4-16(15)10-14/h5-6,10,13,17,21H,2-4,7-9,11-12H2,1H3,(H,19,22)/t13-,17-/m0/s1. The van der Waals surface area contributed by atoms with Crippen LogP contribution < -0.4 is 5.32 Å². The van der Waals surface area contributed by atoms with Crippen LogP contribution in [-0.4, -0.2) is 47.9 Å². The van der Waals surface area contributed by atoms with Crippen LogP contribution in [0.4, 0.5) is 4.79 Å². The molecule has 0 aromatic heterocycles. The number of fused-ring (bicyclic) bond motifs is 1. The van der Waals surface area contributed by atoms with E-state index in [1.165, 1.54) is 24.0 Å². The quantitative estimate of drug-likeness (QED) is 0.891. The van der Waals surface area contributed by atoms with Gasteiger partial charge in [0.15, 0.2) is 0 Å². The van der Waals surface area contributed by atoms with Gasteiger partial charge in [0.2, 0.25) is 0 Å². The number of carbonyl (C=O) groups excluding carboxylic acids is 1. The number of hydrogen-bond acceptors (Lipinski definition) is 3. The normalized spacial score (nSPS) is 21.8. The maximum Gasteiger partial charge on any atom is 0.318 e. The number of benzene rings is 1. The van der Waals surface area contributed by atoms with Crippen molar-refractivity contribution >= 4 is 6.03 Å². The molecule has 1 aliphatic carbocycles. The highest BCUT2D eigenvalue weighted by molar-refractivity contribution is 5.74. The molecule has 0 radical (unpaired) electrons. The highest BCUT2D eigenvalue weighted by Gasteiger charge is 2.28. The lowest BCUT2D eigenvalue weighted by atomic mass is 10.1. The highest BCUT2D eigenvalue weighted by atomic mass is 16.5. The van der Waals surface area contributed by atoms with E-state index in [1.807, 2.05) is 0 Å². The lowest BCUT2D eigenvalue weighted by molar-refractivity contribution is -0.00437. The second-order valence-electron chi connectivity index (χ2n) is 6.62. The molecule has 2 amide bonds. The monoisotopic (exact) mass is 318 g/mol. The Morgan fingerprint density at radius 3 is 3.09 bits per heavy atom. The average Bonchev–Trinajstić information content (AvgIpc) is 3.00. The molecule has 5 nitrogen and oxygen atoms in total. The molecule has 2 aliphatic rings. The molecule has 0 bridgehead atoms. The number of aliphatic hydroxyl groups is 1. The van der Waals surface area contributed by atoms with Crippen molar-refractivity contribution < 1.29 is 14.6 Å². The van der Waals surface area contributed by atoms with Gasteiger partial charge in [-0.1, -0.05) is 18.2 Å². The fraction of sp³-hybridized carbons (Fsp3) is 0.611. The summed E-state index contributed by atoms with van der Waals surface area (Å²) in [7, 11) is 0. The van der Waals surface area contributed by atoms with Crippen molar-refractivity contribution in [2.75, 3.05) is 19.8 Å². The number of urea groups is 1. The van der Waals surface area contributed by atoms with Crippen LogP contribution in [0.3, 0.4) is 0 Å². The predicted octanol–water partition coefficient (Wildman–Crippen LogP) is 1.86. The van der Waals surface area contributed by atoms with Crippen LogP contribution in [0, 0.1) is 0 Å². The van der Waals surface area contributed by atoms with E-state index in [4.69, 9.17) is 4.74 Å². The van der Waals surface area contributed by atoms with Crippen LogP contribution in [0.25, 0.3) is 0 Å². The number of carbonyl (C=O) groups is 1. The van der Waals surface area contributed by atoms with Crippen molar-refractivity contribution in [1.29, 1.82) is 0 Å². The maximum atomic E-state index is 12.5. The van der Waals surface area contributed by atoms with Gasteiger partial charge in [-0.3, -0.25) is 0 Å². The van der Waals surface area contributed by atoms with E-state index in [0.29, 0.717) is 32.7 Å². The Labute approximate surface area is 137 Å². The smallest absolute Gasteiger partial charge is 0.318 e. The minimum Gasteiger partial charge on any atom is -0.393 e. The lowest BCUT2D eigenvalue weighted by Crippen LogP contribution is -2.53. The van der Waals surface area contributed by atoms with E-state index < -0.39 is 6.10 Å². The van der Waals surface area contributed by atoms with Crippen LogP contribution in [0.15, 0.2) is 18.2 Å². The number of aryl methyl sites for hydroxylation is 2. The molecule has 1 saturated heterocycles. The number of rotatable bonds is 4. The molecule has 1 aromatic rings. The van der Waals surface area contributed by atoms with Gasteiger partial charge in [0.25, 0.3) is 0 Å². The molecule has 23 heavy (non-hydrogen) atoms. The summed E-state index contributed by atoms with van der Waals surface area (Å²) in [5.74, 6) is 0. The van der Waals surface area contributed by atoms with Crippen LogP contribution in [0.5, 0.6) is 0 Å². The molecule has 1 aliphatic heterocycles. The topological polar surface area (TPSA) is 61.8 Å². The van der Waals surface area contributed by atoms with Gasteiger partial charge >= 0.3 is 6.03 Å². The highest BCUT2D eigenvalue weighted by Crippen LogP contribution is 2.22. The Morgan fingerprint density at radius 1 is 1.43 bits per heavy atom. The number of nitrogens with one attached hydrogen (secondary N) is 1. The van der Waals surface area contributed by atoms with Crippen LogP contribution in [0.1, 0.15) is 36.5 Å². The molecule has 5 heteroatoms. The second-order valence-corrected chi connectivity index (χ2v) is 6.62. The van der Waals surface area contributed by atoms with Crippen LogP contribution in [-0.2, 0) is 24.1 Å². The third-order valence-electron chi connectivity index (χ3n) is 4.71. The summed E-state index contributed by atoms with van der Waals surface area (Å²) in [6.07, 6.45) is 3.67. The van der Waals surface area contributed by atoms with Gasteiger partial charge in [-0.05, 0) is 49.3 Å². The van der Waals surface area contributed by atoms with E-state index in [2.05, 4.69) is 23.5 Å². The summed E-state index contributed by atoms with van der Waals surface area (Å²) in [5, 5.41) is 12.6. The van der Waals surface area contributed by atoms with E-state index in [0.717, 1.165) is 12.0 Å². The van der Waals surface area contributed by atoms with Crippen molar-refractivity contribution in [3.63, 3.8) is 0 Å². The zero-order valence-electron chi connectivity index (χ0n) is 13.8. The molecule has 126 valence electrons. The Hall–Kier alpha value is -1.59. The summed E-state index contributed by atoms with van der Waals surface area (Å²) < 4.78 is 5.44. The van der Waals surface area contributed by atoms with Gasteiger partial charge in [0.05, 0.1) is 25.4 Å². The first kappa shape index (κ1) is 16.3. The zero-order chi connectivity index (χ0) is 16.2. The maximum absolute atomic E-state index is 12.5. The van der Waals surface area contributed by atoms with Crippen LogP contribution >= 0.6 is 0 Å². The number of nitrogens with zero attached hydrogens (tertiary/aromatic N) is 1. The van der Waals surface area contributed by atoms with Crippen molar-refractivity contribution in [3.05, 3.63) is 34.9 Å². The van der Waals surface area contributed by atoms with E-state index in [-0.39, 0.29) is 12.1 Å². The second kappa shape index (κ2) is 7.32. The Morgan fingerprint density at radius 2 is 2.26 bits per heavy atom. The molecule has 2 atom stereocenters. The molecule has 0 spiro atoms. The number of morpholine rings is 1. The van der Waals surface area contributed by atoms with Gasteiger partial charge in [0, 0.05) is 13.1 Å². The fourth-order valence-electron chi connectivity index (χ4n) is 3.53. The first-order valence-corrected chi connectivity index (χ1v) is 8.54. The summed E-state index contributed by atoms with van der Waals surface area (Å²) >= 11 is 0. The largest absolute Gasteiger partial charge is 0.393 e. The SMILES string of the molecule is C[C@H](O)C[C@H]1COCCN1C(=O)NCc1ccc2c(c1)CCC2. The van der Waals surface area contributed by atoms with Gasteiger partial charge < -0.3 is 20.1 Å². The summed E-state index contributed by atoms with van der Waals surface area (Å²) in [4.78, 5) is 14.3. The Kier molecular flexibility index (Phi) is 5.18. The number of aliphatic hydroxyl groups excluding tert-OH is 1. The Bertz CT molecular complexity index is 559. The third kappa shape index (κ3) is 4.03. The Balaban J connectivity index is 1.57. The molecule has 2 N–H and O–H groups in total. The summed E-state index contributed by atoms with van der Waals surface area (Å²) in [5.41, 5.74) is 4.03. The van der Waals surface area contributed by atoms with E-state index in [9.17, 15) is 9.90 Å². The molecule has 1 aromatic carbocycles. The van der Waals surface area contributed by atoms with Crippen molar-refractivity contribution in [2.45, 2.75) is 51.3 Å². The van der Waals surface area contributed by atoms with Crippen molar-refractivity contribution in [3.8, 4) is 0 Å². The van der Waals surface area contributed by atoms with Crippen LogP contribution in [0.2, 0.25) is 0 Å². The number of amides is 2. The number of ether oxygens (including phenoxy) is 1. The molecule has 0 unspecified atom stereocenters. The first-order valence-electron chi connectivity index (χ1n) is 8.54. The zero-order valence-corrected chi connectivity index (χ0v) is 13.8. The van der Waals surface area contributed by atoms with E-state index in [1.54, 1.807) is 11.8 Å². The van der Waals surface area contributed by atoms with Gasteiger partial charge in [0.1, 0.15) is 0 Å². The minimum absolute atomic E-state index is 0.0521. The molecule has 3 rings (SSSR count). The molecule has 1 heterocycles. The van der Waals surface area contributed by atoms with E-state index >= 15 is 0 Å². The average molecular weight is 318 g/mol. The third-order valence-corrected chi connectivity index (χ3v) is 4.71. The summed E-state index contributed by atoms with van der Waals surface area (Å²) in [6.45, 7) is 3.92. The number of hydrogen-bond donors (Lipinski definition) is 2. The molecular weight excluding hydrogens is 292 g/mol. The predicted molar refractivity (Wildman–Crippen MR) is 88.3 cm³/mol.